The normalized spacial score (nSPS) is 18.6. The quantitative estimate of drug-likeness (QED) is 0.759. The number of hydrogen-bond donors (Lipinski definition) is 2. The Kier molecular flexibility index (Phi) is 4.95. The van der Waals surface area contributed by atoms with E-state index in [0.29, 0.717) is 19.0 Å². The second-order valence-corrected chi connectivity index (χ2v) is 6.04. The largest absolute Gasteiger partial charge is 0.396 e. The van der Waals surface area contributed by atoms with E-state index >= 15 is 0 Å². The zero-order chi connectivity index (χ0) is 13.1. The van der Waals surface area contributed by atoms with Gasteiger partial charge in [-0.2, -0.15) is 0 Å². The summed E-state index contributed by atoms with van der Waals surface area (Å²) in [5, 5.41) is 8.90. The van der Waals surface area contributed by atoms with Gasteiger partial charge in [0.1, 0.15) is 0 Å². The van der Waals surface area contributed by atoms with Crippen molar-refractivity contribution in [3.8, 4) is 0 Å². The molecule has 4 heteroatoms. The molecule has 0 bridgehead atoms. The Bertz CT molecular complexity index is 257. The van der Waals surface area contributed by atoms with E-state index in [0.717, 1.165) is 12.8 Å². The maximum absolute atomic E-state index is 12.3. The zero-order valence-corrected chi connectivity index (χ0v) is 11.3. The molecule has 1 saturated carbocycles. The van der Waals surface area contributed by atoms with Gasteiger partial charge in [0, 0.05) is 19.2 Å². The van der Waals surface area contributed by atoms with Gasteiger partial charge in [-0.3, -0.25) is 4.79 Å². The summed E-state index contributed by atoms with van der Waals surface area (Å²) in [7, 11) is 0. The van der Waals surface area contributed by atoms with Crippen LogP contribution in [0.25, 0.3) is 0 Å². The summed E-state index contributed by atoms with van der Waals surface area (Å²) in [4.78, 5) is 14.2. The van der Waals surface area contributed by atoms with Gasteiger partial charge in [-0.05, 0) is 31.1 Å². The Morgan fingerprint density at radius 1 is 1.47 bits per heavy atom. The van der Waals surface area contributed by atoms with Crippen molar-refractivity contribution in [3.05, 3.63) is 0 Å². The first-order valence-corrected chi connectivity index (χ1v) is 6.55. The van der Waals surface area contributed by atoms with Gasteiger partial charge in [-0.1, -0.05) is 20.8 Å². The van der Waals surface area contributed by atoms with Gasteiger partial charge in [-0.15, -0.1) is 0 Å². The average Bonchev–Trinajstić information content (AvgIpc) is 2.17. The molecule has 0 aromatic rings. The van der Waals surface area contributed by atoms with Crippen LogP contribution in [0.15, 0.2) is 0 Å². The van der Waals surface area contributed by atoms with Gasteiger partial charge in [0.2, 0.25) is 5.91 Å². The molecule has 1 atom stereocenters. The van der Waals surface area contributed by atoms with Crippen LogP contribution in [-0.4, -0.2) is 41.1 Å². The lowest BCUT2D eigenvalue weighted by molar-refractivity contribution is -0.139. The predicted molar refractivity (Wildman–Crippen MR) is 68.5 cm³/mol. The number of rotatable bonds is 5. The Balaban J connectivity index is 2.64. The van der Waals surface area contributed by atoms with E-state index in [4.69, 9.17) is 10.8 Å². The molecular weight excluding hydrogens is 216 g/mol. The third-order valence-corrected chi connectivity index (χ3v) is 3.55. The van der Waals surface area contributed by atoms with Crippen LogP contribution >= 0.6 is 0 Å². The highest BCUT2D eigenvalue weighted by atomic mass is 16.3. The zero-order valence-electron chi connectivity index (χ0n) is 11.3. The first kappa shape index (κ1) is 14.5. The molecule has 0 aliphatic heterocycles. The smallest absolute Gasteiger partial charge is 0.240 e. The minimum Gasteiger partial charge on any atom is -0.396 e. The molecule has 1 fully saturated rings. The Labute approximate surface area is 104 Å². The lowest BCUT2D eigenvalue weighted by Gasteiger charge is -2.41. The SMILES string of the molecule is CC(C)(C)[C@H](N)C(=O)N(CCCO)C1CCC1. The number of aliphatic hydroxyl groups excluding tert-OH is 1. The van der Waals surface area contributed by atoms with E-state index < -0.39 is 6.04 Å². The minimum absolute atomic E-state index is 0.0376. The predicted octanol–water partition coefficient (Wildman–Crippen LogP) is 1.12. The lowest BCUT2D eigenvalue weighted by Crippen LogP contribution is -2.55. The highest BCUT2D eigenvalue weighted by molar-refractivity contribution is 5.82. The third-order valence-electron chi connectivity index (χ3n) is 3.55. The number of amides is 1. The van der Waals surface area contributed by atoms with E-state index in [1.807, 2.05) is 25.7 Å². The molecule has 0 unspecified atom stereocenters. The molecule has 1 aliphatic rings. The summed E-state index contributed by atoms with van der Waals surface area (Å²) in [6.45, 7) is 6.72. The fraction of sp³-hybridized carbons (Fsp3) is 0.923. The highest BCUT2D eigenvalue weighted by Gasteiger charge is 2.35. The van der Waals surface area contributed by atoms with Gasteiger partial charge in [-0.25, -0.2) is 0 Å². The molecule has 0 radical (unpaired) electrons. The van der Waals surface area contributed by atoms with Crippen LogP contribution in [0.1, 0.15) is 46.5 Å². The molecule has 1 amide bonds. The molecule has 1 rings (SSSR count). The lowest BCUT2D eigenvalue weighted by atomic mass is 9.84. The maximum Gasteiger partial charge on any atom is 0.240 e. The van der Waals surface area contributed by atoms with Crippen molar-refractivity contribution in [1.29, 1.82) is 0 Å². The third kappa shape index (κ3) is 3.68. The second-order valence-electron chi connectivity index (χ2n) is 6.04. The maximum atomic E-state index is 12.3. The molecule has 0 heterocycles. The number of hydrogen-bond acceptors (Lipinski definition) is 3. The van der Waals surface area contributed by atoms with Gasteiger partial charge in [0.05, 0.1) is 6.04 Å². The van der Waals surface area contributed by atoms with Crippen molar-refractivity contribution < 1.29 is 9.90 Å². The van der Waals surface area contributed by atoms with E-state index in [9.17, 15) is 4.79 Å². The molecule has 3 N–H and O–H groups in total. The van der Waals surface area contributed by atoms with Gasteiger partial charge in [0.15, 0.2) is 0 Å². The first-order valence-electron chi connectivity index (χ1n) is 6.55. The van der Waals surface area contributed by atoms with Gasteiger partial charge in [0.25, 0.3) is 0 Å². The van der Waals surface area contributed by atoms with Gasteiger partial charge >= 0.3 is 0 Å². The highest BCUT2D eigenvalue weighted by Crippen LogP contribution is 2.27. The molecule has 1 aliphatic carbocycles. The Morgan fingerprint density at radius 3 is 2.41 bits per heavy atom. The Morgan fingerprint density at radius 2 is 2.06 bits per heavy atom. The summed E-state index contributed by atoms with van der Waals surface area (Å²) >= 11 is 0. The van der Waals surface area contributed by atoms with Crippen LogP contribution in [0.2, 0.25) is 0 Å². The fourth-order valence-electron chi connectivity index (χ4n) is 1.96. The van der Waals surface area contributed by atoms with Crippen LogP contribution < -0.4 is 5.73 Å². The molecule has 0 spiro atoms. The van der Waals surface area contributed by atoms with Crippen molar-refractivity contribution in [2.75, 3.05) is 13.2 Å². The number of carbonyl (C=O) groups is 1. The molecule has 0 aromatic carbocycles. The number of nitrogens with two attached hydrogens (primary N) is 1. The molecule has 0 saturated heterocycles. The van der Waals surface area contributed by atoms with Crippen molar-refractivity contribution >= 4 is 5.91 Å². The number of nitrogens with zero attached hydrogens (tertiary/aromatic N) is 1. The van der Waals surface area contributed by atoms with E-state index in [1.165, 1.54) is 6.42 Å². The summed E-state index contributed by atoms with van der Waals surface area (Å²) in [5.41, 5.74) is 5.82. The van der Waals surface area contributed by atoms with Crippen molar-refractivity contribution in [3.63, 3.8) is 0 Å². The van der Waals surface area contributed by atoms with Crippen molar-refractivity contribution in [2.45, 2.75) is 58.5 Å². The average molecular weight is 242 g/mol. The molecule has 100 valence electrons. The second kappa shape index (κ2) is 5.83. The van der Waals surface area contributed by atoms with Crippen molar-refractivity contribution in [1.82, 2.24) is 4.90 Å². The van der Waals surface area contributed by atoms with Crippen LogP contribution in [0, 0.1) is 5.41 Å². The van der Waals surface area contributed by atoms with E-state index in [1.54, 1.807) is 0 Å². The molecule has 17 heavy (non-hydrogen) atoms. The molecule has 0 aromatic heterocycles. The summed E-state index contributed by atoms with van der Waals surface area (Å²) < 4.78 is 0. The monoisotopic (exact) mass is 242 g/mol. The summed E-state index contributed by atoms with van der Waals surface area (Å²) in [6.07, 6.45) is 3.99. The van der Waals surface area contributed by atoms with Crippen LogP contribution in [-0.2, 0) is 4.79 Å². The summed E-state index contributed by atoms with van der Waals surface area (Å²) in [6, 6.07) is -0.107. The Hall–Kier alpha value is -0.610. The topological polar surface area (TPSA) is 66.6 Å². The van der Waals surface area contributed by atoms with Crippen molar-refractivity contribution in [2.24, 2.45) is 11.1 Å². The fourth-order valence-corrected chi connectivity index (χ4v) is 1.96. The standard InChI is InChI=1S/C13H26N2O2/c1-13(2,3)11(14)12(17)15(8-5-9-16)10-6-4-7-10/h10-11,16H,4-9,14H2,1-3H3/t11-/m1/s1. The summed E-state index contributed by atoms with van der Waals surface area (Å²) in [5.74, 6) is 0.0376. The van der Waals surface area contributed by atoms with Crippen LogP contribution in [0.3, 0.4) is 0 Å². The first-order chi connectivity index (χ1) is 7.88. The molecule has 4 nitrogen and oxygen atoms in total. The van der Waals surface area contributed by atoms with Crippen LogP contribution in [0.4, 0.5) is 0 Å². The van der Waals surface area contributed by atoms with Gasteiger partial charge < -0.3 is 15.7 Å². The molecular formula is C13H26N2O2. The minimum atomic E-state index is -0.457. The van der Waals surface area contributed by atoms with Crippen LogP contribution in [0.5, 0.6) is 0 Å². The number of carbonyl (C=O) groups excluding carboxylic acids is 1. The van der Waals surface area contributed by atoms with E-state index in [-0.39, 0.29) is 17.9 Å². The number of aliphatic hydroxyl groups is 1. The van der Waals surface area contributed by atoms with E-state index in [2.05, 4.69) is 0 Å².